The molecule has 9 heteroatoms. The Morgan fingerprint density at radius 3 is 2.32 bits per heavy atom. The zero-order chi connectivity index (χ0) is 26.8. The Balaban J connectivity index is 1.36. The molecule has 0 bridgehead atoms. The van der Waals surface area contributed by atoms with E-state index >= 15 is 0 Å². The highest BCUT2D eigenvalue weighted by molar-refractivity contribution is 6.30. The Kier molecular flexibility index (Phi) is 7.35. The van der Waals surface area contributed by atoms with Crippen LogP contribution in [0.15, 0.2) is 54.3 Å². The van der Waals surface area contributed by atoms with Crippen LogP contribution in [0.4, 0.5) is 5.69 Å². The minimum Gasteiger partial charge on any atom is -0.507 e. The number of ether oxygens (including phenoxy) is 4. The quantitative estimate of drug-likeness (QED) is 0.422. The molecular formula is C29H29ClN2O6. The minimum absolute atomic E-state index is 0.0999. The van der Waals surface area contributed by atoms with Gasteiger partial charge in [0.05, 0.1) is 32.5 Å². The summed E-state index contributed by atoms with van der Waals surface area (Å²) < 4.78 is 22.3. The average Bonchev–Trinajstić information content (AvgIpc) is 3.24. The van der Waals surface area contributed by atoms with Gasteiger partial charge in [-0.3, -0.25) is 9.69 Å². The number of allylic oxidation sites excluding steroid dienone is 1. The van der Waals surface area contributed by atoms with Crippen molar-refractivity contribution < 1.29 is 28.8 Å². The number of aromatic hydroxyl groups is 1. The number of Topliss-reactive ketones (excluding diaryl/α,β-unsaturated/α-hetero) is 1. The number of carbonyl (C=O) groups is 1. The molecule has 1 fully saturated rings. The van der Waals surface area contributed by atoms with Crippen molar-refractivity contribution in [2.24, 2.45) is 0 Å². The Labute approximate surface area is 226 Å². The SMILES string of the molecule is COc1cc(/C=C2/Oc3c(ccc(O)c3CN3CCN(c4cccc(Cl)c4)CC3)C2=O)cc(OC)c1OC. The van der Waals surface area contributed by atoms with Gasteiger partial charge in [0.25, 0.3) is 0 Å². The zero-order valence-corrected chi connectivity index (χ0v) is 22.2. The van der Waals surface area contributed by atoms with Gasteiger partial charge in [-0.05, 0) is 54.1 Å². The smallest absolute Gasteiger partial charge is 0.231 e. The molecule has 5 rings (SSSR count). The van der Waals surface area contributed by atoms with Crippen molar-refractivity contribution >= 4 is 29.1 Å². The molecule has 0 spiro atoms. The number of nitrogens with zero attached hydrogens (tertiary/aromatic N) is 2. The second kappa shape index (κ2) is 10.8. The lowest BCUT2D eigenvalue weighted by atomic mass is 10.0. The number of piperazine rings is 1. The second-order valence-electron chi connectivity index (χ2n) is 9.08. The summed E-state index contributed by atoms with van der Waals surface area (Å²) in [4.78, 5) is 17.8. The summed E-state index contributed by atoms with van der Waals surface area (Å²) in [7, 11) is 4.60. The number of hydrogen-bond acceptors (Lipinski definition) is 8. The molecule has 1 saturated heterocycles. The monoisotopic (exact) mass is 536 g/mol. The molecule has 0 unspecified atom stereocenters. The first-order valence-electron chi connectivity index (χ1n) is 12.2. The Hall–Kier alpha value is -3.88. The number of ketones is 1. The number of phenols is 1. The highest BCUT2D eigenvalue weighted by Crippen LogP contribution is 2.42. The number of hydrogen-bond donors (Lipinski definition) is 1. The fourth-order valence-corrected chi connectivity index (χ4v) is 5.03. The molecule has 2 aliphatic heterocycles. The summed E-state index contributed by atoms with van der Waals surface area (Å²) in [5, 5.41) is 11.4. The molecule has 0 atom stereocenters. The molecular weight excluding hydrogens is 508 g/mol. The highest BCUT2D eigenvalue weighted by Gasteiger charge is 2.32. The molecule has 198 valence electrons. The number of halogens is 1. The van der Waals surface area contributed by atoms with Crippen LogP contribution in [0.5, 0.6) is 28.7 Å². The minimum atomic E-state index is -0.249. The molecule has 0 radical (unpaired) electrons. The summed E-state index contributed by atoms with van der Waals surface area (Å²) in [6.07, 6.45) is 1.64. The van der Waals surface area contributed by atoms with Crippen LogP contribution in [0.2, 0.25) is 5.02 Å². The van der Waals surface area contributed by atoms with Crippen LogP contribution in [-0.4, -0.2) is 63.3 Å². The van der Waals surface area contributed by atoms with Crippen LogP contribution in [0.3, 0.4) is 0 Å². The van der Waals surface area contributed by atoms with Crippen molar-refractivity contribution in [1.29, 1.82) is 0 Å². The Bertz CT molecular complexity index is 1370. The third-order valence-corrected chi connectivity index (χ3v) is 7.06. The summed E-state index contributed by atoms with van der Waals surface area (Å²) in [5.41, 5.74) is 2.77. The van der Waals surface area contributed by atoms with E-state index in [0.29, 0.717) is 51.3 Å². The number of methoxy groups -OCH3 is 3. The maximum Gasteiger partial charge on any atom is 0.231 e. The van der Waals surface area contributed by atoms with Crippen LogP contribution >= 0.6 is 11.6 Å². The van der Waals surface area contributed by atoms with Gasteiger partial charge in [0, 0.05) is 43.4 Å². The van der Waals surface area contributed by atoms with Crippen LogP contribution in [-0.2, 0) is 6.54 Å². The van der Waals surface area contributed by atoms with E-state index in [4.69, 9.17) is 30.5 Å². The Morgan fingerprint density at radius 1 is 0.974 bits per heavy atom. The van der Waals surface area contributed by atoms with E-state index in [1.807, 2.05) is 18.2 Å². The molecule has 3 aromatic rings. The summed E-state index contributed by atoms with van der Waals surface area (Å²) in [6, 6.07) is 14.5. The lowest BCUT2D eigenvalue weighted by Gasteiger charge is -2.36. The van der Waals surface area contributed by atoms with E-state index in [1.54, 1.807) is 30.3 Å². The Morgan fingerprint density at radius 2 is 1.68 bits per heavy atom. The molecule has 0 saturated carbocycles. The number of carbonyl (C=O) groups excluding carboxylic acids is 1. The van der Waals surface area contributed by atoms with Crippen molar-refractivity contribution in [1.82, 2.24) is 4.90 Å². The maximum atomic E-state index is 13.2. The van der Waals surface area contributed by atoms with Gasteiger partial charge in [-0.1, -0.05) is 17.7 Å². The number of fused-ring (bicyclic) bond motifs is 1. The first kappa shape index (κ1) is 25.8. The van der Waals surface area contributed by atoms with E-state index in [1.165, 1.54) is 21.3 Å². The number of phenolic OH excluding ortho intramolecular Hbond substituents is 1. The van der Waals surface area contributed by atoms with Crippen LogP contribution < -0.4 is 23.8 Å². The first-order valence-corrected chi connectivity index (χ1v) is 12.6. The van der Waals surface area contributed by atoms with Gasteiger partial charge < -0.3 is 29.0 Å². The lowest BCUT2D eigenvalue weighted by molar-refractivity contribution is 0.101. The van der Waals surface area contributed by atoms with Gasteiger partial charge in [-0.25, -0.2) is 0 Å². The van der Waals surface area contributed by atoms with E-state index in [-0.39, 0.29) is 17.3 Å². The fraction of sp³-hybridized carbons (Fsp3) is 0.276. The molecule has 2 heterocycles. The van der Waals surface area contributed by atoms with Gasteiger partial charge in [0.15, 0.2) is 17.3 Å². The topological polar surface area (TPSA) is 80.7 Å². The summed E-state index contributed by atoms with van der Waals surface area (Å²) in [6.45, 7) is 3.68. The normalized spacial score (nSPS) is 16.4. The molecule has 8 nitrogen and oxygen atoms in total. The maximum absolute atomic E-state index is 13.2. The van der Waals surface area contributed by atoms with Crippen molar-refractivity contribution in [2.45, 2.75) is 6.54 Å². The van der Waals surface area contributed by atoms with Crippen molar-refractivity contribution in [2.75, 3.05) is 52.4 Å². The fourth-order valence-electron chi connectivity index (χ4n) is 4.85. The molecule has 3 aromatic carbocycles. The molecule has 38 heavy (non-hydrogen) atoms. The molecule has 0 aromatic heterocycles. The van der Waals surface area contributed by atoms with E-state index in [2.05, 4.69) is 15.9 Å². The van der Waals surface area contributed by atoms with E-state index in [9.17, 15) is 9.90 Å². The van der Waals surface area contributed by atoms with Gasteiger partial charge in [0.2, 0.25) is 11.5 Å². The third-order valence-electron chi connectivity index (χ3n) is 6.83. The molecule has 1 N–H and O–H groups in total. The van der Waals surface area contributed by atoms with Crippen molar-refractivity contribution in [3.05, 3.63) is 76.0 Å². The number of rotatable bonds is 7. The molecule has 0 aliphatic carbocycles. The zero-order valence-electron chi connectivity index (χ0n) is 21.5. The lowest BCUT2D eigenvalue weighted by Crippen LogP contribution is -2.46. The largest absolute Gasteiger partial charge is 0.507 e. The predicted octanol–water partition coefficient (Wildman–Crippen LogP) is 5.01. The van der Waals surface area contributed by atoms with E-state index < -0.39 is 0 Å². The standard InChI is InChI=1S/C29H29ClN2O6/c1-35-25-14-18(15-26(36-2)29(25)37-3)13-24-27(34)21-7-8-23(33)22(28(21)38-24)17-31-9-11-32(12-10-31)20-6-4-5-19(30)16-20/h4-8,13-16,33H,9-12,17H2,1-3H3/b24-13+. The molecule has 0 amide bonds. The van der Waals surface area contributed by atoms with Crippen molar-refractivity contribution in [3.63, 3.8) is 0 Å². The number of benzene rings is 3. The molecule has 2 aliphatic rings. The second-order valence-corrected chi connectivity index (χ2v) is 9.52. The van der Waals surface area contributed by atoms with Crippen LogP contribution in [0.1, 0.15) is 21.5 Å². The first-order chi connectivity index (χ1) is 18.4. The van der Waals surface area contributed by atoms with Crippen LogP contribution in [0, 0.1) is 0 Å². The number of anilines is 1. The predicted molar refractivity (Wildman–Crippen MR) is 146 cm³/mol. The van der Waals surface area contributed by atoms with Crippen molar-refractivity contribution in [3.8, 4) is 28.7 Å². The highest BCUT2D eigenvalue weighted by atomic mass is 35.5. The summed E-state index contributed by atoms with van der Waals surface area (Å²) in [5.74, 6) is 1.80. The average molecular weight is 537 g/mol. The third kappa shape index (κ3) is 4.97. The van der Waals surface area contributed by atoms with Crippen LogP contribution in [0.25, 0.3) is 6.08 Å². The van der Waals surface area contributed by atoms with E-state index in [0.717, 1.165) is 31.9 Å². The van der Waals surface area contributed by atoms with Gasteiger partial charge in [-0.2, -0.15) is 0 Å². The van der Waals surface area contributed by atoms with Gasteiger partial charge in [-0.15, -0.1) is 0 Å². The van der Waals surface area contributed by atoms with Gasteiger partial charge >= 0.3 is 0 Å². The van der Waals surface area contributed by atoms with Gasteiger partial charge in [0.1, 0.15) is 11.5 Å². The summed E-state index contributed by atoms with van der Waals surface area (Å²) >= 11 is 6.16.